The third-order valence-electron chi connectivity index (χ3n) is 12.5. The Morgan fingerprint density at radius 3 is 2.12 bits per heavy atom. The number of hydrogen-bond donors (Lipinski definition) is 0. The van der Waals surface area contributed by atoms with E-state index in [1.807, 2.05) is 36.4 Å². The van der Waals surface area contributed by atoms with Crippen molar-refractivity contribution in [1.82, 2.24) is 24.5 Å². The third kappa shape index (κ3) is 8.54. The number of nitrogens with zero attached hydrogens (tertiary/aromatic N) is 6. The van der Waals surface area contributed by atoms with Gasteiger partial charge >= 0.3 is 0 Å². The quantitative estimate of drug-likeness (QED) is 0.0897. The van der Waals surface area contributed by atoms with E-state index in [2.05, 4.69) is 164 Å². The molecule has 0 unspecified atom stereocenters. The van der Waals surface area contributed by atoms with Crippen molar-refractivity contribution in [2.45, 2.75) is 59.2 Å². The maximum absolute atomic E-state index is 12.6. The van der Waals surface area contributed by atoms with Gasteiger partial charge in [-0.1, -0.05) is 136 Å². The Morgan fingerprint density at radius 2 is 1.44 bits per heavy atom. The third-order valence-corrected chi connectivity index (χ3v) is 14.5. The number of pyridine rings is 1. The second-order valence-corrected chi connectivity index (χ2v) is 23.7. The molecule has 7 nitrogen and oxygen atoms in total. The molecule has 11 aromatic rings. The van der Waals surface area contributed by atoms with Crippen LogP contribution in [0, 0.1) is 29.3 Å². The van der Waals surface area contributed by atoms with Crippen molar-refractivity contribution < 1.29 is 28.9 Å². The molecule has 0 aliphatic rings. The number of rotatable bonds is 7. The van der Waals surface area contributed by atoms with Gasteiger partial charge < -0.3 is 14.0 Å². The van der Waals surface area contributed by atoms with Crippen LogP contribution in [0.4, 0.5) is 4.39 Å². The number of furan rings is 1. The van der Waals surface area contributed by atoms with E-state index >= 15 is 0 Å². The summed E-state index contributed by atoms with van der Waals surface area (Å²) in [5.74, 6) is 0.932. The number of imidazole rings is 1. The van der Waals surface area contributed by atoms with Crippen LogP contribution in [-0.4, -0.2) is 32.6 Å². The van der Waals surface area contributed by atoms with Gasteiger partial charge in [0.05, 0.1) is 30.5 Å². The smallest absolute Gasteiger partial charge is 0.235 e. The zero-order valence-corrected chi connectivity index (χ0v) is 42.2. The summed E-state index contributed by atoms with van der Waals surface area (Å²) < 4.78 is 21.4. The second-order valence-electron chi connectivity index (χ2n) is 18.6. The minimum absolute atomic E-state index is 0. The van der Waals surface area contributed by atoms with Crippen molar-refractivity contribution in [3.63, 3.8) is 0 Å². The standard InChI is InChI=1S/C47H40N5OSi.C11H7FN.Ir/c1-27(2)37-21-32(29-17-19-33(20-18-29)54(5,6)7)22-38(28(3)4)44(37)52-42-24-39-31(16-15-30-11-8-9-12-34(30)39)23-41(42)50-46(52)36-14-10-13-35-40-26-49-43(25-48)51-47(40)53-45(35)36;12-10-6-4-9(5-7-10)11-3-1-2-8-13-11;/h8-13,15-24,26-28H,1-7H3;1-4,6-8H;/q2*-1;. The van der Waals surface area contributed by atoms with Crippen LogP contribution in [0.3, 0.4) is 0 Å². The Balaban J connectivity index is 0.000000356. The van der Waals surface area contributed by atoms with Crippen LogP contribution in [0.5, 0.6) is 0 Å². The Labute approximate surface area is 409 Å². The van der Waals surface area contributed by atoms with Crippen LogP contribution in [0.15, 0.2) is 150 Å². The molecule has 0 fully saturated rings. The van der Waals surface area contributed by atoms with Gasteiger partial charge in [-0.25, -0.2) is 4.98 Å². The summed E-state index contributed by atoms with van der Waals surface area (Å²) in [5, 5.41) is 17.3. The van der Waals surface area contributed by atoms with Gasteiger partial charge in [0.15, 0.2) is 0 Å². The molecule has 0 spiro atoms. The fourth-order valence-corrected chi connectivity index (χ4v) is 10.1. The van der Waals surface area contributed by atoms with Crippen molar-refractivity contribution in [2.75, 3.05) is 0 Å². The van der Waals surface area contributed by atoms with Gasteiger partial charge in [-0.2, -0.15) is 10.2 Å². The van der Waals surface area contributed by atoms with E-state index in [0.717, 1.165) is 55.5 Å². The van der Waals surface area contributed by atoms with Crippen molar-refractivity contribution in [1.29, 1.82) is 5.26 Å². The van der Waals surface area contributed by atoms with Crippen molar-refractivity contribution in [3.05, 3.63) is 181 Å². The number of benzene rings is 7. The van der Waals surface area contributed by atoms with Gasteiger partial charge in [-0.15, -0.1) is 48.0 Å². The maximum atomic E-state index is 12.6. The van der Waals surface area contributed by atoms with E-state index in [9.17, 15) is 9.65 Å². The summed E-state index contributed by atoms with van der Waals surface area (Å²) in [6.45, 7) is 16.3. The first kappa shape index (κ1) is 46.0. The monoisotopic (exact) mass is 1080 g/mol. The van der Waals surface area contributed by atoms with Gasteiger partial charge in [0, 0.05) is 49.4 Å². The Kier molecular flexibility index (Phi) is 12.5. The molecule has 7 aromatic carbocycles. The van der Waals surface area contributed by atoms with E-state index in [0.29, 0.717) is 11.3 Å². The minimum atomic E-state index is -1.44. The Bertz CT molecular complexity index is 3670. The van der Waals surface area contributed by atoms with Gasteiger partial charge in [-0.3, -0.25) is 9.37 Å². The van der Waals surface area contributed by atoms with Crippen molar-refractivity contribution in [3.8, 4) is 45.5 Å². The Morgan fingerprint density at radius 1 is 0.706 bits per heavy atom. The number of hydrogen-bond acceptors (Lipinski definition) is 6. The molecule has 0 N–H and O–H groups in total. The first-order valence-electron chi connectivity index (χ1n) is 22.6. The molecule has 1 radical (unpaired) electrons. The normalized spacial score (nSPS) is 11.7. The average Bonchev–Trinajstić information content (AvgIpc) is 3.91. The zero-order valence-electron chi connectivity index (χ0n) is 38.8. The molecule has 68 heavy (non-hydrogen) atoms. The molecule has 0 bridgehead atoms. The molecule has 0 atom stereocenters. The summed E-state index contributed by atoms with van der Waals surface area (Å²) in [6.07, 6.45) is 3.37. The fraction of sp³-hybridized carbons (Fsp3) is 0.155. The molecular formula is C58H47FIrN6OSi-2. The maximum Gasteiger partial charge on any atom is 0.235 e. The Hall–Kier alpha value is -7.15. The molecule has 0 aliphatic carbocycles. The minimum Gasteiger partial charge on any atom is -0.486 e. The fourth-order valence-electron chi connectivity index (χ4n) is 8.96. The molecule has 337 valence electrons. The van der Waals surface area contributed by atoms with E-state index in [-0.39, 0.29) is 43.6 Å². The van der Waals surface area contributed by atoms with Crippen LogP contribution < -0.4 is 5.19 Å². The van der Waals surface area contributed by atoms with Crippen molar-refractivity contribution in [2.24, 2.45) is 0 Å². The molecule has 0 aliphatic heterocycles. The summed E-state index contributed by atoms with van der Waals surface area (Å²) in [4.78, 5) is 18.2. The number of aromatic nitrogens is 5. The van der Waals surface area contributed by atoms with Gasteiger partial charge in [-0.05, 0) is 91.7 Å². The first-order chi connectivity index (χ1) is 32.4. The molecule has 0 saturated carbocycles. The van der Waals surface area contributed by atoms with Gasteiger partial charge in [0.2, 0.25) is 11.5 Å². The van der Waals surface area contributed by atoms with E-state index in [4.69, 9.17) is 9.40 Å². The van der Waals surface area contributed by atoms with E-state index < -0.39 is 8.07 Å². The molecule has 0 saturated heterocycles. The number of halogens is 1. The van der Waals surface area contributed by atoms with E-state index in [1.54, 1.807) is 18.5 Å². The van der Waals surface area contributed by atoms with E-state index in [1.165, 1.54) is 55.7 Å². The average molecular weight is 1080 g/mol. The largest absolute Gasteiger partial charge is 0.486 e. The summed E-state index contributed by atoms with van der Waals surface area (Å²) in [6, 6.07) is 53.7. The zero-order chi connectivity index (χ0) is 46.6. The van der Waals surface area contributed by atoms with Crippen LogP contribution in [0.2, 0.25) is 19.6 Å². The van der Waals surface area contributed by atoms with Gasteiger partial charge in [0.1, 0.15) is 6.07 Å². The van der Waals surface area contributed by atoms with Crippen LogP contribution in [0.1, 0.15) is 56.5 Å². The van der Waals surface area contributed by atoms with Crippen LogP contribution in [-0.2, 0) is 20.1 Å². The van der Waals surface area contributed by atoms with Crippen molar-refractivity contribution >= 4 is 67.9 Å². The predicted octanol–water partition coefficient (Wildman–Crippen LogP) is 14.5. The predicted molar refractivity (Wildman–Crippen MR) is 273 cm³/mol. The molecule has 0 amide bonds. The molecule has 11 rings (SSSR count). The molecule has 4 aromatic heterocycles. The summed E-state index contributed by atoms with van der Waals surface area (Å²) >= 11 is 0. The van der Waals surface area contributed by atoms with Crippen LogP contribution in [0.25, 0.3) is 94.1 Å². The molecule has 10 heteroatoms. The number of nitriles is 1. The molecular weight excluding hydrogens is 1040 g/mol. The van der Waals surface area contributed by atoms with Gasteiger partial charge in [0.25, 0.3) is 0 Å². The second kappa shape index (κ2) is 18.5. The topological polar surface area (TPSA) is 93.4 Å². The summed E-state index contributed by atoms with van der Waals surface area (Å²) in [5.41, 5.74) is 11.3. The SMILES string of the molecule is CC(C)c1cc(-c2ccc([Si](C)(C)C)cc2)cc(C(C)C)c1-n1c(-c2[c-]ccc3c2oc2nc(C#N)ncc23)nc2cc3ccc4ccccc4c3cc21.Fc1c[c-]c(-c2ccccn2)cc1.[Ir]. The molecule has 4 heterocycles. The van der Waals surface area contributed by atoms with Crippen LogP contribution >= 0.6 is 0 Å². The summed E-state index contributed by atoms with van der Waals surface area (Å²) in [7, 11) is -1.44. The number of fused-ring (bicyclic) bond motifs is 7. The first-order valence-corrected chi connectivity index (χ1v) is 26.1.